The molecule has 2 heterocycles. The lowest BCUT2D eigenvalue weighted by atomic mass is 9.93. The molecule has 3 aromatic rings. The molecule has 0 spiro atoms. The van der Waals surface area contributed by atoms with Crippen molar-refractivity contribution >= 4 is 34.9 Å². The topological polar surface area (TPSA) is 91.9 Å². The quantitative estimate of drug-likeness (QED) is 0.332. The van der Waals surface area contributed by atoms with Gasteiger partial charge in [-0.05, 0) is 61.4 Å². The Morgan fingerprint density at radius 1 is 0.976 bits per heavy atom. The number of rotatable bonds is 9. The highest BCUT2D eigenvalue weighted by Crippen LogP contribution is 2.45. The van der Waals surface area contributed by atoms with E-state index >= 15 is 0 Å². The van der Waals surface area contributed by atoms with Crippen LogP contribution in [0.5, 0.6) is 11.5 Å². The molecule has 1 amide bonds. The van der Waals surface area contributed by atoms with Crippen LogP contribution in [-0.4, -0.2) is 56.0 Å². The van der Waals surface area contributed by atoms with E-state index < -0.39 is 5.66 Å². The zero-order valence-electron chi connectivity index (χ0n) is 23.2. The van der Waals surface area contributed by atoms with Gasteiger partial charge in [-0.25, -0.2) is 0 Å². The van der Waals surface area contributed by atoms with Crippen molar-refractivity contribution in [3.63, 3.8) is 0 Å². The van der Waals surface area contributed by atoms with Gasteiger partial charge in [-0.2, -0.15) is 0 Å². The number of hydrogen-bond acceptors (Lipinski definition) is 7. The SMILES string of the molecule is COc1ccc(C2(C(=O)CN3CCNC(=O)C3)NC(c3ccc(Cl)cc3)C(c3ccc(Cl)cc3)N2)c(OC(C)C)c1. The summed E-state index contributed by atoms with van der Waals surface area (Å²) in [6.07, 6.45) is -0.153. The molecule has 2 saturated heterocycles. The first-order valence-corrected chi connectivity index (χ1v) is 14.4. The van der Waals surface area contributed by atoms with Crippen LogP contribution in [0.15, 0.2) is 66.7 Å². The van der Waals surface area contributed by atoms with E-state index in [1.54, 1.807) is 13.2 Å². The molecule has 2 aliphatic heterocycles. The Bertz CT molecular complexity index is 1340. The number of carbonyl (C=O) groups is 2. The van der Waals surface area contributed by atoms with E-state index in [2.05, 4.69) is 16.0 Å². The molecule has 216 valence electrons. The molecule has 2 aliphatic rings. The van der Waals surface area contributed by atoms with Crippen molar-refractivity contribution in [1.82, 2.24) is 20.9 Å². The summed E-state index contributed by atoms with van der Waals surface area (Å²) in [7, 11) is 1.59. The number of benzene rings is 3. The number of hydrogen-bond donors (Lipinski definition) is 3. The number of methoxy groups -OCH3 is 1. The predicted octanol–water partition coefficient (Wildman–Crippen LogP) is 4.62. The van der Waals surface area contributed by atoms with Gasteiger partial charge in [-0.1, -0.05) is 47.5 Å². The maximum absolute atomic E-state index is 14.6. The molecule has 0 saturated carbocycles. The number of Topliss-reactive ketones (excluding diaryl/α,β-unsaturated/α-hetero) is 1. The summed E-state index contributed by atoms with van der Waals surface area (Å²) in [5, 5.41) is 11.4. The third kappa shape index (κ3) is 6.37. The number of nitrogens with one attached hydrogen (secondary N) is 3. The third-order valence-electron chi connectivity index (χ3n) is 7.39. The van der Waals surface area contributed by atoms with Crippen molar-refractivity contribution in [3.05, 3.63) is 93.5 Å². The molecule has 0 radical (unpaired) electrons. The number of ketones is 1. The third-order valence-corrected chi connectivity index (χ3v) is 7.90. The Kier molecular flexibility index (Phi) is 8.87. The molecule has 2 fully saturated rings. The van der Waals surface area contributed by atoms with Gasteiger partial charge < -0.3 is 14.8 Å². The summed E-state index contributed by atoms with van der Waals surface area (Å²) in [4.78, 5) is 28.6. The number of piperazine rings is 1. The van der Waals surface area contributed by atoms with Crippen LogP contribution in [0.1, 0.15) is 42.6 Å². The molecule has 0 bridgehead atoms. The average Bonchev–Trinajstić information content (AvgIpc) is 3.35. The fraction of sp³-hybridized carbons (Fsp3) is 0.355. The van der Waals surface area contributed by atoms with E-state index in [-0.39, 0.29) is 43.0 Å². The molecular weight excluding hydrogens is 563 g/mol. The van der Waals surface area contributed by atoms with Crippen LogP contribution in [-0.2, 0) is 15.3 Å². The molecule has 3 aromatic carbocycles. The molecule has 2 unspecified atom stereocenters. The lowest BCUT2D eigenvalue weighted by molar-refractivity contribution is -0.130. The Hall–Kier alpha value is -3.14. The van der Waals surface area contributed by atoms with Crippen LogP contribution >= 0.6 is 23.2 Å². The average molecular weight is 598 g/mol. The lowest BCUT2D eigenvalue weighted by Crippen LogP contribution is -2.58. The Balaban J connectivity index is 1.65. The first-order chi connectivity index (χ1) is 19.7. The van der Waals surface area contributed by atoms with Crippen molar-refractivity contribution in [2.75, 3.05) is 33.3 Å². The number of amides is 1. The van der Waals surface area contributed by atoms with Gasteiger partial charge in [-0.3, -0.25) is 25.1 Å². The van der Waals surface area contributed by atoms with Gasteiger partial charge in [-0.15, -0.1) is 0 Å². The highest BCUT2D eigenvalue weighted by atomic mass is 35.5. The highest BCUT2D eigenvalue weighted by molar-refractivity contribution is 6.30. The summed E-state index contributed by atoms with van der Waals surface area (Å²) in [5.41, 5.74) is 1.18. The maximum atomic E-state index is 14.6. The van der Waals surface area contributed by atoms with Crippen LogP contribution in [0.2, 0.25) is 10.0 Å². The van der Waals surface area contributed by atoms with E-state index in [1.165, 1.54) is 0 Å². The molecule has 0 aromatic heterocycles. The normalized spacial score (nSPS) is 22.9. The van der Waals surface area contributed by atoms with Gasteiger partial charge in [0.15, 0.2) is 11.4 Å². The van der Waals surface area contributed by atoms with Gasteiger partial charge in [0.1, 0.15) is 11.5 Å². The van der Waals surface area contributed by atoms with E-state index in [4.69, 9.17) is 32.7 Å². The Labute approximate surface area is 250 Å². The van der Waals surface area contributed by atoms with E-state index in [9.17, 15) is 9.59 Å². The fourth-order valence-electron chi connectivity index (χ4n) is 5.47. The summed E-state index contributed by atoms with van der Waals surface area (Å²) >= 11 is 12.5. The number of nitrogens with zero attached hydrogens (tertiary/aromatic N) is 1. The van der Waals surface area contributed by atoms with E-state index in [1.807, 2.05) is 79.4 Å². The molecule has 5 rings (SSSR count). The second kappa shape index (κ2) is 12.4. The van der Waals surface area contributed by atoms with Crippen LogP contribution in [0.4, 0.5) is 0 Å². The number of halogens is 2. The lowest BCUT2D eigenvalue weighted by Gasteiger charge is -2.35. The fourth-order valence-corrected chi connectivity index (χ4v) is 5.72. The molecule has 0 aliphatic carbocycles. The van der Waals surface area contributed by atoms with Crippen LogP contribution < -0.4 is 25.4 Å². The molecule has 10 heteroatoms. The van der Waals surface area contributed by atoms with Crippen molar-refractivity contribution in [3.8, 4) is 11.5 Å². The minimum Gasteiger partial charge on any atom is -0.497 e. The zero-order valence-corrected chi connectivity index (χ0v) is 24.8. The van der Waals surface area contributed by atoms with Crippen LogP contribution in [0.3, 0.4) is 0 Å². The van der Waals surface area contributed by atoms with E-state index in [0.717, 1.165) is 11.1 Å². The van der Waals surface area contributed by atoms with Gasteiger partial charge in [0.25, 0.3) is 0 Å². The van der Waals surface area contributed by atoms with Crippen molar-refractivity contribution < 1.29 is 19.1 Å². The zero-order chi connectivity index (χ0) is 29.1. The van der Waals surface area contributed by atoms with Crippen molar-refractivity contribution in [1.29, 1.82) is 0 Å². The molecule has 8 nitrogen and oxygen atoms in total. The van der Waals surface area contributed by atoms with Gasteiger partial charge in [0.05, 0.1) is 38.4 Å². The Morgan fingerprint density at radius 2 is 1.56 bits per heavy atom. The minimum absolute atomic E-state index is 0.0568. The first-order valence-electron chi connectivity index (χ1n) is 13.6. The molecule has 3 N–H and O–H groups in total. The predicted molar refractivity (Wildman–Crippen MR) is 160 cm³/mol. The van der Waals surface area contributed by atoms with Crippen LogP contribution in [0, 0.1) is 0 Å². The van der Waals surface area contributed by atoms with E-state index in [0.29, 0.717) is 40.2 Å². The minimum atomic E-state index is -1.36. The smallest absolute Gasteiger partial charge is 0.234 e. The van der Waals surface area contributed by atoms with Crippen LogP contribution in [0.25, 0.3) is 0 Å². The van der Waals surface area contributed by atoms with Gasteiger partial charge in [0.2, 0.25) is 5.91 Å². The van der Waals surface area contributed by atoms with Crippen molar-refractivity contribution in [2.45, 2.75) is 37.7 Å². The standard InChI is InChI=1S/C31H34Cl2N4O4/c1-19(2)41-26-16-24(40-3)12-13-25(26)31(27(38)17-37-15-14-34-28(39)18-37)35-29(20-4-8-22(32)9-5-20)30(36-31)21-6-10-23(33)11-7-21/h4-13,16,19,29-30,35-36H,14-15,17-18H2,1-3H3,(H,34,39). The number of ether oxygens (including phenoxy) is 2. The summed E-state index contributed by atoms with van der Waals surface area (Å²) in [5.74, 6) is 0.898. The number of carbonyl (C=O) groups excluding carboxylic acids is 2. The largest absolute Gasteiger partial charge is 0.497 e. The summed E-state index contributed by atoms with van der Waals surface area (Å²) in [6.45, 7) is 5.15. The monoisotopic (exact) mass is 596 g/mol. The molecular formula is C31H34Cl2N4O4. The Morgan fingerprint density at radius 3 is 2.07 bits per heavy atom. The van der Waals surface area contributed by atoms with Crippen molar-refractivity contribution in [2.24, 2.45) is 0 Å². The molecule has 41 heavy (non-hydrogen) atoms. The summed E-state index contributed by atoms with van der Waals surface area (Å²) < 4.78 is 11.8. The highest BCUT2D eigenvalue weighted by Gasteiger charge is 2.53. The first kappa shape index (κ1) is 29.4. The second-order valence-electron chi connectivity index (χ2n) is 10.6. The maximum Gasteiger partial charge on any atom is 0.234 e. The van der Waals surface area contributed by atoms with Gasteiger partial charge in [0, 0.05) is 34.8 Å². The summed E-state index contributed by atoms with van der Waals surface area (Å²) in [6, 6.07) is 20.0. The molecule has 2 atom stereocenters. The van der Waals surface area contributed by atoms with Gasteiger partial charge >= 0.3 is 0 Å². The second-order valence-corrected chi connectivity index (χ2v) is 11.5.